The molecule has 29 heavy (non-hydrogen) atoms. The lowest BCUT2D eigenvalue weighted by Gasteiger charge is -2.13. The summed E-state index contributed by atoms with van der Waals surface area (Å²) < 4.78 is 6.98. The van der Waals surface area contributed by atoms with Gasteiger partial charge < -0.3 is 10.1 Å². The molecule has 152 valence electrons. The average Bonchev–Trinajstić information content (AvgIpc) is 3.18. The number of benzene rings is 2. The van der Waals surface area contributed by atoms with Crippen molar-refractivity contribution >= 4 is 29.3 Å². The third-order valence-corrected chi connectivity index (χ3v) is 5.94. The van der Waals surface area contributed by atoms with Crippen molar-refractivity contribution in [2.45, 2.75) is 30.7 Å². The van der Waals surface area contributed by atoms with E-state index in [-0.39, 0.29) is 11.2 Å². The lowest BCUT2D eigenvalue weighted by Crippen LogP contribution is -2.32. The fourth-order valence-corrected chi connectivity index (χ4v) is 3.73. The quantitative estimate of drug-likeness (QED) is 0.545. The van der Waals surface area contributed by atoms with Crippen LogP contribution in [-0.2, 0) is 11.2 Å². The SMILES string of the molecule is COc1ccc(CCNC(=O)C(C)Sc2nncn2-c2ccc(C)c(Cl)c2)cc1. The minimum atomic E-state index is -0.310. The van der Waals surface area contributed by atoms with Crippen molar-refractivity contribution in [3.8, 4) is 11.4 Å². The molecule has 0 aliphatic carbocycles. The highest BCUT2D eigenvalue weighted by atomic mass is 35.5. The van der Waals surface area contributed by atoms with Gasteiger partial charge in [0, 0.05) is 11.6 Å². The van der Waals surface area contributed by atoms with Crippen molar-refractivity contribution < 1.29 is 9.53 Å². The number of nitrogens with one attached hydrogen (secondary N) is 1. The molecule has 0 saturated carbocycles. The zero-order valence-electron chi connectivity index (χ0n) is 16.6. The second-order valence-electron chi connectivity index (χ2n) is 6.57. The Morgan fingerprint density at radius 1 is 1.28 bits per heavy atom. The van der Waals surface area contributed by atoms with E-state index in [1.807, 2.05) is 60.9 Å². The van der Waals surface area contributed by atoms with Crippen molar-refractivity contribution in [2.24, 2.45) is 0 Å². The molecular weight excluding hydrogens is 408 g/mol. The summed E-state index contributed by atoms with van der Waals surface area (Å²) in [6, 6.07) is 13.6. The van der Waals surface area contributed by atoms with E-state index in [1.165, 1.54) is 11.8 Å². The zero-order chi connectivity index (χ0) is 20.8. The van der Waals surface area contributed by atoms with Gasteiger partial charge in [-0.15, -0.1) is 10.2 Å². The lowest BCUT2D eigenvalue weighted by atomic mass is 10.1. The second kappa shape index (κ2) is 9.80. The number of rotatable bonds is 8. The predicted octanol–water partition coefficient (Wildman–Crippen LogP) is 4.08. The molecule has 1 heterocycles. The van der Waals surface area contributed by atoms with E-state index in [2.05, 4.69) is 15.5 Å². The number of aryl methyl sites for hydroxylation is 1. The number of thioether (sulfide) groups is 1. The molecule has 1 unspecified atom stereocenters. The monoisotopic (exact) mass is 430 g/mol. The number of methoxy groups -OCH3 is 1. The molecular formula is C21H23ClN4O2S. The number of amides is 1. The van der Waals surface area contributed by atoms with Crippen LogP contribution in [0.5, 0.6) is 5.75 Å². The number of hydrogen-bond acceptors (Lipinski definition) is 5. The van der Waals surface area contributed by atoms with Gasteiger partial charge in [0.15, 0.2) is 5.16 Å². The van der Waals surface area contributed by atoms with Crippen LogP contribution in [0.25, 0.3) is 5.69 Å². The molecule has 0 aliphatic heterocycles. The first-order valence-corrected chi connectivity index (χ1v) is 10.5. The molecule has 1 amide bonds. The summed E-state index contributed by atoms with van der Waals surface area (Å²) in [5.74, 6) is 0.779. The molecule has 1 atom stereocenters. The number of hydrogen-bond donors (Lipinski definition) is 1. The standard InChI is InChI=1S/C21H23ClN4O2S/c1-14-4-7-17(12-19(14)22)26-13-24-25-21(26)29-15(2)20(27)23-11-10-16-5-8-18(28-3)9-6-16/h4-9,12-13,15H,10-11H2,1-3H3,(H,23,27). The van der Waals surface area contributed by atoms with E-state index in [4.69, 9.17) is 16.3 Å². The third-order valence-electron chi connectivity index (χ3n) is 4.47. The van der Waals surface area contributed by atoms with Crippen LogP contribution in [0.3, 0.4) is 0 Å². The Kier molecular flexibility index (Phi) is 7.17. The maximum absolute atomic E-state index is 12.5. The van der Waals surface area contributed by atoms with Gasteiger partial charge in [0.05, 0.1) is 18.0 Å². The van der Waals surface area contributed by atoms with Crippen molar-refractivity contribution in [3.05, 3.63) is 64.9 Å². The van der Waals surface area contributed by atoms with Crippen molar-refractivity contribution in [1.82, 2.24) is 20.1 Å². The maximum atomic E-state index is 12.5. The number of nitrogens with zero attached hydrogens (tertiary/aromatic N) is 3. The van der Waals surface area contributed by atoms with Gasteiger partial charge in [-0.1, -0.05) is 41.6 Å². The molecule has 6 nitrogen and oxygen atoms in total. The number of halogens is 1. The Balaban J connectivity index is 1.56. The Morgan fingerprint density at radius 2 is 2.03 bits per heavy atom. The number of carbonyl (C=O) groups is 1. The molecule has 1 aromatic heterocycles. The van der Waals surface area contributed by atoms with Gasteiger partial charge >= 0.3 is 0 Å². The average molecular weight is 431 g/mol. The van der Waals surface area contributed by atoms with E-state index in [0.29, 0.717) is 16.7 Å². The molecule has 1 N–H and O–H groups in total. The highest BCUT2D eigenvalue weighted by Crippen LogP contribution is 2.26. The summed E-state index contributed by atoms with van der Waals surface area (Å²) >= 11 is 7.59. The van der Waals surface area contributed by atoms with Crippen LogP contribution in [0.2, 0.25) is 5.02 Å². The van der Waals surface area contributed by atoms with Crippen LogP contribution in [0, 0.1) is 6.92 Å². The van der Waals surface area contributed by atoms with Gasteiger partial charge in [-0.3, -0.25) is 9.36 Å². The van der Waals surface area contributed by atoms with E-state index in [0.717, 1.165) is 29.0 Å². The first-order valence-electron chi connectivity index (χ1n) is 9.22. The van der Waals surface area contributed by atoms with E-state index in [9.17, 15) is 4.79 Å². The highest BCUT2D eigenvalue weighted by molar-refractivity contribution is 8.00. The Morgan fingerprint density at radius 3 is 2.72 bits per heavy atom. The molecule has 2 aromatic carbocycles. The molecule has 8 heteroatoms. The maximum Gasteiger partial charge on any atom is 0.233 e. The first kappa shape index (κ1) is 21.2. The molecule has 0 fully saturated rings. The molecule has 0 saturated heterocycles. The largest absolute Gasteiger partial charge is 0.497 e. The van der Waals surface area contributed by atoms with E-state index >= 15 is 0 Å². The molecule has 0 bridgehead atoms. The van der Waals surface area contributed by atoms with Crippen molar-refractivity contribution in [2.75, 3.05) is 13.7 Å². The van der Waals surface area contributed by atoms with Gasteiger partial charge in [-0.2, -0.15) is 0 Å². The highest BCUT2D eigenvalue weighted by Gasteiger charge is 2.18. The fourth-order valence-electron chi connectivity index (χ4n) is 2.69. The Labute approximate surface area is 179 Å². The molecule has 0 aliphatic rings. The summed E-state index contributed by atoms with van der Waals surface area (Å²) in [4.78, 5) is 12.5. The number of carbonyl (C=O) groups excluding carboxylic acids is 1. The van der Waals surface area contributed by atoms with Crippen LogP contribution in [0.15, 0.2) is 53.9 Å². The smallest absolute Gasteiger partial charge is 0.233 e. The van der Waals surface area contributed by atoms with Crippen molar-refractivity contribution in [1.29, 1.82) is 0 Å². The zero-order valence-corrected chi connectivity index (χ0v) is 18.1. The van der Waals surface area contributed by atoms with Crippen LogP contribution in [0.4, 0.5) is 0 Å². The summed E-state index contributed by atoms with van der Waals surface area (Å²) in [6.07, 6.45) is 2.38. The lowest BCUT2D eigenvalue weighted by molar-refractivity contribution is -0.120. The minimum absolute atomic E-state index is 0.0417. The minimum Gasteiger partial charge on any atom is -0.497 e. The molecule has 0 radical (unpaired) electrons. The summed E-state index contributed by atoms with van der Waals surface area (Å²) in [5, 5.41) is 12.1. The van der Waals surface area contributed by atoms with Crippen LogP contribution in [0.1, 0.15) is 18.1 Å². The van der Waals surface area contributed by atoms with Gasteiger partial charge in [0.1, 0.15) is 12.1 Å². The fraction of sp³-hybridized carbons (Fsp3) is 0.286. The van der Waals surface area contributed by atoms with Gasteiger partial charge in [0.2, 0.25) is 5.91 Å². The van der Waals surface area contributed by atoms with Crippen LogP contribution < -0.4 is 10.1 Å². The molecule has 3 aromatic rings. The summed E-state index contributed by atoms with van der Waals surface area (Å²) in [7, 11) is 1.64. The topological polar surface area (TPSA) is 69.0 Å². The molecule has 0 spiro atoms. The normalized spacial score (nSPS) is 11.9. The summed E-state index contributed by atoms with van der Waals surface area (Å²) in [6.45, 7) is 4.37. The van der Waals surface area contributed by atoms with Crippen LogP contribution >= 0.6 is 23.4 Å². The van der Waals surface area contributed by atoms with Crippen LogP contribution in [-0.4, -0.2) is 39.6 Å². The van der Waals surface area contributed by atoms with Gasteiger partial charge in [-0.05, 0) is 55.7 Å². The number of ether oxygens (including phenoxy) is 1. The number of aromatic nitrogens is 3. The van der Waals surface area contributed by atoms with E-state index in [1.54, 1.807) is 13.4 Å². The third kappa shape index (κ3) is 5.52. The first-order chi connectivity index (χ1) is 14.0. The van der Waals surface area contributed by atoms with Gasteiger partial charge in [-0.25, -0.2) is 0 Å². The second-order valence-corrected chi connectivity index (χ2v) is 8.28. The Bertz CT molecular complexity index is 975. The molecule has 3 rings (SSSR count). The van der Waals surface area contributed by atoms with E-state index < -0.39 is 0 Å². The van der Waals surface area contributed by atoms with Gasteiger partial charge in [0.25, 0.3) is 0 Å². The summed E-state index contributed by atoms with van der Waals surface area (Å²) in [5.41, 5.74) is 3.00. The van der Waals surface area contributed by atoms with Crippen molar-refractivity contribution in [3.63, 3.8) is 0 Å². The predicted molar refractivity (Wildman–Crippen MR) is 116 cm³/mol. The Hall–Kier alpha value is -2.51.